The standard InChI is InChI=1S/C23H25N5OS/c1-2-28-9-7-19(8-10-28)29-18-5-3-16(4-6-18)11-22-24-14-21-23(27-22)20(15-30-21)17-12-25-26-13-17/h3-6,12-15,19H,2,7-11H2,1H3,(H,25,26). The number of ether oxygens (including phenoxy) is 1. The molecular weight excluding hydrogens is 394 g/mol. The van der Waals surface area contributed by atoms with Crippen molar-refractivity contribution in [3.63, 3.8) is 0 Å². The highest BCUT2D eigenvalue weighted by Crippen LogP contribution is 2.32. The zero-order chi connectivity index (χ0) is 20.3. The van der Waals surface area contributed by atoms with Crippen LogP contribution in [0.3, 0.4) is 0 Å². The normalized spacial score (nSPS) is 15.6. The maximum absolute atomic E-state index is 6.19. The molecule has 1 aliphatic rings. The Balaban J connectivity index is 1.27. The number of benzene rings is 1. The first kappa shape index (κ1) is 19.2. The van der Waals surface area contributed by atoms with E-state index in [4.69, 9.17) is 9.72 Å². The summed E-state index contributed by atoms with van der Waals surface area (Å²) in [4.78, 5) is 11.9. The van der Waals surface area contributed by atoms with Gasteiger partial charge in [0.1, 0.15) is 17.7 Å². The van der Waals surface area contributed by atoms with E-state index in [-0.39, 0.29) is 0 Å². The second-order valence-corrected chi connectivity index (χ2v) is 8.62. The molecule has 5 rings (SSSR count). The van der Waals surface area contributed by atoms with Crippen molar-refractivity contribution in [1.82, 2.24) is 25.1 Å². The van der Waals surface area contributed by atoms with Crippen LogP contribution < -0.4 is 4.74 Å². The van der Waals surface area contributed by atoms with Crippen LogP contribution in [0.5, 0.6) is 5.75 Å². The monoisotopic (exact) mass is 419 g/mol. The highest BCUT2D eigenvalue weighted by Gasteiger charge is 2.19. The fraction of sp³-hybridized carbons (Fsp3) is 0.348. The van der Waals surface area contributed by atoms with Gasteiger partial charge in [0.2, 0.25) is 0 Å². The molecule has 1 N–H and O–H groups in total. The summed E-state index contributed by atoms with van der Waals surface area (Å²) in [5, 5.41) is 9.04. The highest BCUT2D eigenvalue weighted by molar-refractivity contribution is 7.17. The summed E-state index contributed by atoms with van der Waals surface area (Å²) in [6.07, 6.45) is 8.87. The second kappa shape index (κ2) is 8.53. The van der Waals surface area contributed by atoms with Crippen LogP contribution in [-0.2, 0) is 6.42 Å². The summed E-state index contributed by atoms with van der Waals surface area (Å²) in [7, 11) is 0. The lowest BCUT2D eigenvalue weighted by Crippen LogP contribution is -2.37. The van der Waals surface area contributed by atoms with Crippen LogP contribution in [0, 0.1) is 0 Å². The van der Waals surface area contributed by atoms with Gasteiger partial charge < -0.3 is 9.64 Å². The maximum Gasteiger partial charge on any atom is 0.133 e. The predicted molar refractivity (Wildman–Crippen MR) is 120 cm³/mol. The minimum atomic E-state index is 0.323. The van der Waals surface area contributed by atoms with E-state index in [0.29, 0.717) is 12.5 Å². The number of likely N-dealkylation sites (tertiary alicyclic amines) is 1. The quantitative estimate of drug-likeness (QED) is 0.497. The predicted octanol–water partition coefficient (Wildman–Crippen LogP) is 4.54. The Morgan fingerprint density at radius 2 is 2.00 bits per heavy atom. The molecule has 6 nitrogen and oxygen atoms in total. The number of H-pyrrole nitrogens is 1. The fourth-order valence-corrected chi connectivity index (χ4v) is 4.83. The third-order valence-corrected chi connectivity index (χ3v) is 6.65. The molecule has 1 fully saturated rings. The van der Waals surface area contributed by atoms with Gasteiger partial charge in [-0.15, -0.1) is 11.3 Å². The topological polar surface area (TPSA) is 66.9 Å². The summed E-state index contributed by atoms with van der Waals surface area (Å²) in [5.74, 6) is 1.77. The molecular formula is C23H25N5OS. The van der Waals surface area contributed by atoms with Crippen molar-refractivity contribution in [1.29, 1.82) is 0 Å². The number of hydrogen-bond donors (Lipinski definition) is 1. The summed E-state index contributed by atoms with van der Waals surface area (Å²) in [6, 6.07) is 8.38. The first-order valence-corrected chi connectivity index (χ1v) is 11.4. The van der Waals surface area contributed by atoms with Crippen LogP contribution >= 0.6 is 11.3 Å². The summed E-state index contributed by atoms with van der Waals surface area (Å²) in [6.45, 7) is 5.60. The zero-order valence-corrected chi connectivity index (χ0v) is 17.9. The molecule has 0 radical (unpaired) electrons. The largest absolute Gasteiger partial charge is 0.490 e. The number of piperidine rings is 1. The van der Waals surface area contributed by atoms with Crippen LogP contribution in [-0.4, -0.2) is 50.8 Å². The average Bonchev–Trinajstić information content (AvgIpc) is 3.45. The van der Waals surface area contributed by atoms with E-state index in [0.717, 1.165) is 65.4 Å². The third kappa shape index (κ3) is 4.08. The van der Waals surface area contributed by atoms with Gasteiger partial charge in [-0.2, -0.15) is 5.10 Å². The van der Waals surface area contributed by atoms with Gasteiger partial charge in [-0.1, -0.05) is 19.1 Å². The summed E-state index contributed by atoms with van der Waals surface area (Å²) >= 11 is 1.66. The number of rotatable bonds is 6. The molecule has 4 aromatic rings. The lowest BCUT2D eigenvalue weighted by molar-refractivity contribution is 0.104. The average molecular weight is 420 g/mol. The Morgan fingerprint density at radius 1 is 1.17 bits per heavy atom. The molecule has 154 valence electrons. The Kier molecular flexibility index (Phi) is 5.46. The van der Waals surface area contributed by atoms with Crippen molar-refractivity contribution in [3.05, 3.63) is 59.6 Å². The van der Waals surface area contributed by atoms with Crippen molar-refractivity contribution in [3.8, 4) is 16.9 Å². The van der Waals surface area contributed by atoms with Gasteiger partial charge in [0, 0.05) is 48.4 Å². The van der Waals surface area contributed by atoms with E-state index in [2.05, 4.69) is 56.7 Å². The molecule has 0 atom stereocenters. The molecule has 0 amide bonds. The number of thiophene rings is 1. The Bertz CT molecular complexity index is 1100. The van der Waals surface area contributed by atoms with Crippen LogP contribution in [0.15, 0.2) is 48.2 Å². The number of fused-ring (bicyclic) bond motifs is 1. The molecule has 7 heteroatoms. The summed E-state index contributed by atoms with van der Waals surface area (Å²) in [5.41, 5.74) is 4.33. The molecule has 0 aliphatic carbocycles. The lowest BCUT2D eigenvalue weighted by atomic mass is 10.1. The molecule has 1 saturated heterocycles. The zero-order valence-electron chi connectivity index (χ0n) is 17.0. The lowest BCUT2D eigenvalue weighted by Gasteiger charge is -2.31. The summed E-state index contributed by atoms with van der Waals surface area (Å²) < 4.78 is 7.28. The Hall–Kier alpha value is -2.77. The first-order chi connectivity index (χ1) is 14.8. The van der Waals surface area contributed by atoms with Crippen LogP contribution in [0.4, 0.5) is 0 Å². The van der Waals surface area contributed by atoms with E-state index >= 15 is 0 Å². The number of nitrogens with one attached hydrogen (secondary N) is 1. The highest BCUT2D eigenvalue weighted by atomic mass is 32.1. The van der Waals surface area contributed by atoms with Crippen molar-refractivity contribution < 1.29 is 4.74 Å². The van der Waals surface area contributed by atoms with Crippen molar-refractivity contribution >= 4 is 21.6 Å². The van der Waals surface area contributed by atoms with Crippen LogP contribution in [0.1, 0.15) is 31.2 Å². The minimum Gasteiger partial charge on any atom is -0.490 e. The maximum atomic E-state index is 6.19. The van der Waals surface area contributed by atoms with Crippen molar-refractivity contribution in [2.75, 3.05) is 19.6 Å². The smallest absolute Gasteiger partial charge is 0.133 e. The van der Waals surface area contributed by atoms with E-state index in [1.165, 1.54) is 5.56 Å². The third-order valence-electron chi connectivity index (χ3n) is 5.74. The van der Waals surface area contributed by atoms with Crippen molar-refractivity contribution in [2.24, 2.45) is 0 Å². The molecule has 0 bridgehead atoms. The number of aromatic nitrogens is 4. The molecule has 4 heterocycles. The van der Waals surface area contributed by atoms with Gasteiger partial charge >= 0.3 is 0 Å². The molecule has 3 aromatic heterocycles. The molecule has 1 aliphatic heterocycles. The van der Waals surface area contributed by atoms with E-state index in [1.54, 1.807) is 11.3 Å². The number of hydrogen-bond acceptors (Lipinski definition) is 6. The number of aromatic amines is 1. The molecule has 30 heavy (non-hydrogen) atoms. The van der Waals surface area contributed by atoms with E-state index < -0.39 is 0 Å². The second-order valence-electron chi connectivity index (χ2n) is 7.71. The molecule has 0 spiro atoms. The van der Waals surface area contributed by atoms with Gasteiger partial charge in [0.05, 0.1) is 16.4 Å². The fourth-order valence-electron chi connectivity index (χ4n) is 3.96. The van der Waals surface area contributed by atoms with Gasteiger partial charge in [0.15, 0.2) is 0 Å². The Morgan fingerprint density at radius 3 is 2.73 bits per heavy atom. The van der Waals surface area contributed by atoms with Gasteiger partial charge in [0.25, 0.3) is 0 Å². The van der Waals surface area contributed by atoms with E-state index in [1.807, 2.05) is 18.6 Å². The van der Waals surface area contributed by atoms with Crippen LogP contribution in [0.2, 0.25) is 0 Å². The van der Waals surface area contributed by atoms with Crippen molar-refractivity contribution in [2.45, 2.75) is 32.3 Å². The van der Waals surface area contributed by atoms with E-state index in [9.17, 15) is 0 Å². The minimum absolute atomic E-state index is 0.323. The van der Waals surface area contributed by atoms with Gasteiger partial charge in [-0.05, 0) is 37.1 Å². The SMILES string of the molecule is CCN1CCC(Oc2ccc(Cc3ncc4scc(-c5cn[nH]c5)c4n3)cc2)CC1. The molecule has 0 unspecified atom stereocenters. The molecule has 1 aromatic carbocycles. The Labute approximate surface area is 179 Å². The van der Waals surface area contributed by atoms with Gasteiger partial charge in [-0.25, -0.2) is 9.97 Å². The number of nitrogens with zero attached hydrogens (tertiary/aromatic N) is 4. The van der Waals surface area contributed by atoms with Gasteiger partial charge in [-0.3, -0.25) is 5.10 Å². The van der Waals surface area contributed by atoms with Crippen LogP contribution in [0.25, 0.3) is 21.3 Å². The first-order valence-electron chi connectivity index (χ1n) is 10.5. The molecule has 0 saturated carbocycles.